The fourth-order valence-corrected chi connectivity index (χ4v) is 4.75. The van der Waals surface area contributed by atoms with Crippen molar-refractivity contribution in [2.75, 3.05) is 0 Å². The number of hydrogen-bond donors (Lipinski definition) is 2. The average Bonchev–Trinajstić information content (AvgIpc) is 3.14. The van der Waals surface area contributed by atoms with E-state index in [2.05, 4.69) is 10.3 Å². The molecule has 0 aliphatic heterocycles. The summed E-state index contributed by atoms with van der Waals surface area (Å²) in [7, 11) is 0. The molecule has 1 aromatic carbocycles. The molecule has 1 aromatic heterocycles. The van der Waals surface area contributed by atoms with E-state index in [1.54, 1.807) is 23.6 Å². The van der Waals surface area contributed by atoms with Gasteiger partial charge < -0.3 is 10.4 Å². The van der Waals surface area contributed by atoms with Crippen molar-refractivity contribution in [2.45, 2.75) is 44.6 Å². The lowest BCUT2D eigenvalue weighted by Gasteiger charge is -2.29. The molecule has 1 heterocycles. The van der Waals surface area contributed by atoms with Crippen molar-refractivity contribution in [3.8, 4) is 10.6 Å². The Bertz CT molecular complexity index is 834. The maximum absolute atomic E-state index is 12.7. The third-order valence-corrected chi connectivity index (χ3v) is 6.54. The minimum absolute atomic E-state index is 0.0759. The number of aliphatic carboxylic acids is 1. The Labute approximate surface area is 171 Å². The predicted molar refractivity (Wildman–Crippen MR) is 108 cm³/mol. The zero-order valence-electron chi connectivity index (χ0n) is 14.6. The highest BCUT2D eigenvalue weighted by molar-refractivity contribution is 7.13. The monoisotopic (exact) mass is 426 g/mol. The summed E-state index contributed by atoms with van der Waals surface area (Å²) in [5.41, 5.74) is 0.930. The van der Waals surface area contributed by atoms with E-state index >= 15 is 0 Å². The van der Waals surface area contributed by atoms with Crippen molar-refractivity contribution in [3.63, 3.8) is 0 Å². The summed E-state index contributed by atoms with van der Waals surface area (Å²) >= 11 is 13.6. The first kappa shape index (κ1) is 20.1. The molecule has 1 atom stereocenters. The molecule has 0 bridgehead atoms. The normalized spacial score (nSPS) is 16.1. The molecule has 8 heteroatoms. The van der Waals surface area contributed by atoms with Crippen LogP contribution in [0.15, 0.2) is 23.6 Å². The molecule has 0 radical (unpaired) electrons. The van der Waals surface area contributed by atoms with Crippen LogP contribution in [0.1, 0.15) is 49.0 Å². The lowest BCUT2D eigenvalue weighted by molar-refractivity contribution is -0.137. The number of nitrogens with zero attached hydrogens (tertiary/aromatic N) is 1. The molecule has 1 aliphatic carbocycles. The molecule has 5 nitrogen and oxygen atoms in total. The number of thiazole rings is 1. The Hall–Kier alpha value is -1.63. The predicted octanol–water partition coefficient (Wildman–Crippen LogP) is 5.27. The Morgan fingerprint density at radius 3 is 2.70 bits per heavy atom. The van der Waals surface area contributed by atoms with Crippen molar-refractivity contribution in [1.29, 1.82) is 0 Å². The van der Waals surface area contributed by atoms with Crippen molar-refractivity contribution in [1.82, 2.24) is 10.3 Å². The Morgan fingerprint density at radius 1 is 1.26 bits per heavy atom. The van der Waals surface area contributed by atoms with Crippen molar-refractivity contribution in [2.24, 2.45) is 5.92 Å². The molecule has 27 heavy (non-hydrogen) atoms. The molecule has 1 fully saturated rings. The summed E-state index contributed by atoms with van der Waals surface area (Å²) in [5.74, 6) is -1.07. The number of carbonyl (C=O) groups excluding carboxylic acids is 1. The highest BCUT2D eigenvalue weighted by atomic mass is 35.5. The number of carbonyl (C=O) groups is 2. The SMILES string of the molecule is O=C(O)CC(NC(=O)c1csc(-c2cccc(Cl)c2Cl)n1)C1CCCCC1. The van der Waals surface area contributed by atoms with Gasteiger partial charge in [0.25, 0.3) is 5.91 Å². The van der Waals surface area contributed by atoms with Crippen molar-refractivity contribution >= 4 is 46.4 Å². The number of carboxylic acids is 1. The summed E-state index contributed by atoms with van der Waals surface area (Å²) in [6, 6.07) is 4.88. The van der Waals surface area contributed by atoms with Crippen LogP contribution >= 0.6 is 34.5 Å². The van der Waals surface area contributed by atoms with E-state index < -0.39 is 5.97 Å². The zero-order chi connectivity index (χ0) is 19.4. The molecular weight excluding hydrogens is 407 g/mol. The molecule has 3 rings (SSSR count). The van der Waals surface area contributed by atoms with E-state index in [1.165, 1.54) is 17.8 Å². The van der Waals surface area contributed by atoms with Crippen LogP contribution in [0, 0.1) is 5.92 Å². The topological polar surface area (TPSA) is 79.3 Å². The molecular formula is C19H20Cl2N2O3S. The fraction of sp³-hybridized carbons (Fsp3) is 0.421. The molecule has 2 N–H and O–H groups in total. The smallest absolute Gasteiger partial charge is 0.305 e. The molecule has 0 saturated heterocycles. The largest absolute Gasteiger partial charge is 0.481 e. The molecule has 1 aliphatic rings. The van der Waals surface area contributed by atoms with Gasteiger partial charge >= 0.3 is 5.97 Å². The molecule has 1 amide bonds. The van der Waals surface area contributed by atoms with Gasteiger partial charge in [-0.15, -0.1) is 11.3 Å². The molecule has 144 valence electrons. The van der Waals surface area contributed by atoms with Crippen molar-refractivity contribution in [3.05, 3.63) is 39.3 Å². The highest BCUT2D eigenvalue weighted by Crippen LogP contribution is 2.35. The van der Waals surface area contributed by atoms with Crippen molar-refractivity contribution < 1.29 is 14.7 Å². The number of benzene rings is 1. The quantitative estimate of drug-likeness (QED) is 0.658. The third kappa shape index (κ3) is 5.00. The van der Waals surface area contributed by atoms with Gasteiger partial charge in [-0.05, 0) is 24.8 Å². The molecule has 1 saturated carbocycles. The van der Waals surface area contributed by atoms with Gasteiger partial charge in [-0.1, -0.05) is 54.6 Å². The van der Waals surface area contributed by atoms with Gasteiger partial charge in [-0.2, -0.15) is 0 Å². The first-order valence-corrected chi connectivity index (χ1v) is 10.5. The molecule has 2 aromatic rings. The maximum atomic E-state index is 12.7. The van der Waals surface area contributed by atoms with Gasteiger partial charge in [0.05, 0.1) is 16.5 Å². The number of aromatic nitrogens is 1. The second-order valence-corrected chi connectivity index (χ2v) is 8.36. The van der Waals surface area contributed by atoms with Crippen LogP contribution in [-0.2, 0) is 4.79 Å². The number of hydrogen-bond acceptors (Lipinski definition) is 4. The lowest BCUT2D eigenvalue weighted by Crippen LogP contribution is -2.42. The minimum Gasteiger partial charge on any atom is -0.481 e. The van der Waals surface area contributed by atoms with Gasteiger partial charge in [0.2, 0.25) is 0 Å². The highest BCUT2D eigenvalue weighted by Gasteiger charge is 2.28. The number of amides is 1. The summed E-state index contributed by atoms with van der Waals surface area (Å²) in [6.07, 6.45) is 5.13. The second kappa shape index (κ2) is 9.04. The summed E-state index contributed by atoms with van der Waals surface area (Å²) < 4.78 is 0. The number of nitrogens with one attached hydrogen (secondary N) is 1. The molecule has 0 spiro atoms. The van der Waals surface area contributed by atoms with Gasteiger partial charge in [0.1, 0.15) is 10.7 Å². The van der Waals surface area contributed by atoms with Crippen LogP contribution in [0.25, 0.3) is 10.6 Å². The zero-order valence-corrected chi connectivity index (χ0v) is 16.9. The van der Waals surface area contributed by atoms with Crippen LogP contribution in [0.5, 0.6) is 0 Å². The number of rotatable bonds is 6. The Morgan fingerprint density at radius 2 is 2.00 bits per heavy atom. The number of carboxylic acid groups (broad SMARTS) is 1. The van der Waals surface area contributed by atoms with E-state index in [0.29, 0.717) is 20.6 Å². The summed E-state index contributed by atoms with van der Waals surface area (Å²) in [4.78, 5) is 28.3. The van der Waals surface area contributed by atoms with Gasteiger partial charge in [-0.25, -0.2) is 4.98 Å². The van der Waals surface area contributed by atoms with Gasteiger partial charge in [-0.3, -0.25) is 9.59 Å². The van der Waals surface area contributed by atoms with Crippen LogP contribution in [0.2, 0.25) is 10.0 Å². The van der Waals surface area contributed by atoms with Gasteiger partial charge in [0, 0.05) is 17.0 Å². The second-order valence-electron chi connectivity index (χ2n) is 6.72. The van der Waals surface area contributed by atoms with Crippen LogP contribution < -0.4 is 5.32 Å². The van der Waals surface area contributed by atoms with Crippen LogP contribution in [0.3, 0.4) is 0 Å². The van der Waals surface area contributed by atoms with Gasteiger partial charge in [0.15, 0.2) is 0 Å². The minimum atomic E-state index is -0.907. The van der Waals surface area contributed by atoms with Crippen LogP contribution in [-0.4, -0.2) is 28.0 Å². The number of halogens is 2. The standard InChI is InChI=1S/C19H20Cl2N2O3S/c20-13-8-4-7-12(17(13)21)19-23-15(10-27-19)18(26)22-14(9-16(24)25)11-5-2-1-3-6-11/h4,7-8,10-11,14H,1-3,5-6,9H2,(H,22,26)(H,24,25). The third-order valence-electron chi connectivity index (χ3n) is 4.85. The van der Waals surface area contributed by atoms with E-state index in [-0.39, 0.29) is 30.0 Å². The first-order valence-electron chi connectivity index (χ1n) is 8.88. The van der Waals surface area contributed by atoms with E-state index in [0.717, 1.165) is 25.7 Å². The average molecular weight is 427 g/mol. The molecule has 1 unspecified atom stereocenters. The Kier molecular flexibility index (Phi) is 6.73. The van der Waals surface area contributed by atoms with E-state index in [9.17, 15) is 14.7 Å². The Balaban J connectivity index is 1.75. The fourth-order valence-electron chi connectivity index (χ4n) is 3.47. The lowest BCUT2D eigenvalue weighted by atomic mass is 9.82. The maximum Gasteiger partial charge on any atom is 0.305 e. The summed E-state index contributed by atoms with van der Waals surface area (Å²) in [5, 5.41) is 15.2. The summed E-state index contributed by atoms with van der Waals surface area (Å²) in [6.45, 7) is 0. The van der Waals surface area contributed by atoms with E-state index in [1.807, 2.05) is 0 Å². The van der Waals surface area contributed by atoms with Crippen LogP contribution in [0.4, 0.5) is 0 Å². The van der Waals surface area contributed by atoms with E-state index in [4.69, 9.17) is 23.2 Å². The first-order chi connectivity index (χ1) is 13.0.